The van der Waals surface area contributed by atoms with Crippen LogP contribution in [-0.4, -0.2) is 50.2 Å². The van der Waals surface area contributed by atoms with Crippen molar-refractivity contribution in [2.75, 3.05) is 19.8 Å². The fourth-order valence-corrected chi connectivity index (χ4v) is 6.60. The lowest BCUT2D eigenvalue weighted by Gasteiger charge is -2.32. The summed E-state index contributed by atoms with van der Waals surface area (Å²) in [6, 6.07) is 11.5. The van der Waals surface area contributed by atoms with Crippen LogP contribution in [0.4, 0.5) is 13.2 Å². The molecule has 0 radical (unpaired) electrons. The molecule has 1 aliphatic heterocycles. The van der Waals surface area contributed by atoms with E-state index >= 15 is 13.2 Å². The molecule has 0 fully saturated rings. The van der Waals surface area contributed by atoms with Crippen LogP contribution < -0.4 is 4.74 Å². The predicted molar refractivity (Wildman–Crippen MR) is 158 cm³/mol. The zero-order valence-electron chi connectivity index (χ0n) is 23.7. The first-order valence-corrected chi connectivity index (χ1v) is 15.3. The molecule has 3 aromatic carbocycles. The van der Waals surface area contributed by atoms with Gasteiger partial charge in [0.1, 0.15) is 29.5 Å². The van der Waals surface area contributed by atoms with Crippen LogP contribution in [0.5, 0.6) is 11.5 Å². The maximum absolute atomic E-state index is 15.8. The van der Waals surface area contributed by atoms with Crippen LogP contribution in [-0.2, 0) is 28.4 Å². The van der Waals surface area contributed by atoms with E-state index in [2.05, 4.69) is 9.97 Å². The summed E-state index contributed by atoms with van der Waals surface area (Å²) >= 11 is 0. The SMILES string of the molecule is CC(C=O)Cc1cccc(C2c3nc(-c4cc(Oc5c(F)cc6[nH]ccc6c5S(C)=O)ccc4F)[nH]c3CCN2C)c1F. The van der Waals surface area contributed by atoms with Crippen molar-refractivity contribution >= 4 is 28.0 Å². The third-order valence-electron chi connectivity index (χ3n) is 7.82. The Kier molecular flexibility index (Phi) is 7.70. The van der Waals surface area contributed by atoms with E-state index in [1.54, 1.807) is 37.4 Å². The highest BCUT2D eigenvalue weighted by Gasteiger charge is 2.33. The molecule has 0 aliphatic carbocycles. The highest BCUT2D eigenvalue weighted by molar-refractivity contribution is 7.84. The van der Waals surface area contributed by atoms with Crippen LogP contribution >= 0.6 is 0 Å². The number of halogens is 3. The van der Waals surface area contributed by atoms with E-state index in [1.807, 2.05) is 11.9 Å². The number of ether oxygens (including phenoxy) is 1. The lowest BCUT2D eigenvalue weighted by atomic mass is 9.92. The number of imidazole rings is 1. The van der Waals surface area contributed by atoms with E-state index < -0.39 is 34.3 Å². The Balaban J connectivity index is 1.39. The monoisotopic (exact) mass is 606 g/mol. The molecular formula is C32H29F3N4O3S. The smallest absolute Gasteiger partial charge is 0.179 e. The number of aromatic nitrogens is 3. The summed E-state index contributed by atoms with van der Waals surface area (Å²) < 4.78 is 64.6. The minimum atomic E-state index is -1.58. The van der Waals surface area contributed by atoms with Gasteiger partial charge in [0.05, 0.1) is 33.0 Å². The topological polar surface area (TPSA) is 91.1 Å². The van der Waals surface area contributed by atoms with Crippen molar-refractivity contribution in [3.8, 4) is 22.9 Å². The molecule has 6 rings (SSSR count). The largest absolute Gasteiger partial charge is 0.453 e. The molecule has 0 spiro atoms. The Labute approximate surface area is 248 Å². The quantitative estimate of drug-likeness (QED) is 0.198. The number of hydrogen-bond donors (Lipinski definition) is 2. The molecule has 2 aromatic heterocycles. The molecule has 3 unspecified atom stereocenters. The third-order valence-corrected chi connectivity index (χ3v) is 8.80. The Morgan fingerprint density at radius 3 is 2.74 bits per heavy atom. The fraction of sp³-hybridized carbons (Fsp3) is 0.250. The maximum atomic E-state index is 15.8. The molecule has 7 nitrogen and oxygen atoms in total. The number of H-pyrrole nitrogens is 2. The first-order chi connectivity index (χ1) is 20.7. The number of nitrogens with zero attached hydrogens (tertiary/aromatic N) is 2. The molecule has 0 amide bonds. The van der Waals surface area contributed by atoms with Crippen molar-refractivity contribution in [3.63, 3.8) is 0 Å². The van der Waals surface area contributed by atoms with Crippen LogP contribution in [0, 0.1) is 23.4 Å². The van der Waals surface area contributed by atoms with E-state index in [-0.39, 0.29) is 40.1 Å². The van der Waals surface area contributed by atoms with Gasteiger partial charge in [-0.3, -0.25) is 9.11 Å². The number of rotatable bonds is 8. The first-order valence-electron chi connectivity index (χ1n) is 13.8. The van der Waals surface area contributed by atoms with E-state index in [9.17, 15) is 9.00 Å². The highest BCUT2D eigenvalue weighted by atomic mass is 32.2. The van der Waals surface area contributed by atoms with Crippen molar-refractivity contribution in [2.45, 2.75) is 30.7 Å². The van der Waals surface area contributed by atoms with Crippen molar-refractivity contribution in [3.05, 3.63) is 94.7 Å². The van der Waals surface area contributed by atoms with Crippen molar-refractivity contribution < 1.29 is 26.9 Å². The molecule has 1 aliphatic rings. The van der Waals surface area contributed by atoms with Crippen LogP contribution in [0.25, 0.3) is 22.3 Å². The molecule has 3 heterocycles. The second kappa shape index (κ2) is 11.5. The van der Waals surface area contributed by atoms with Crippen LogP contribution in [0.3, 0.4) is 0 Å². The van der Waals surface area contributed by atoms with Crippen LogP contribution in [0.15, 0.2) is 59.6 Å². The zero-order valence-corrected chi connectivity index (χ0v) is 24.5. The number of nitrogens with one attached hydrogen (secondary N) is 2. The minimum absolute atomic E-state index is 0.0876. The van der Waals surface area contributed by atoms with Crippen molar-refractivity contribution in [1.82, 2.24) is 19.9 Å². The molecule has 11 heteroatoms. The maximum Gasteiger partial charge on any atom is 0.179 e. The lowest BCUT2D eigenvalue weighted by Crippen LogP contribution is -2.33. The Morgan fingerprint density at radius 2 is 1.98 bits per heavy atom. The van der Waals surface area contributed by atoms with E-state index in [0.29, 0.717) is 40.7 Å². The summed E-state index contributed by atoms with van der Waals surface area (Å²) in [6.45, 7) is 2.35. The van der Waals surface area contributed by atoms with Gasteiger partial charge in [-0.15, -0.1) is 0 Å². The number of benzene rings is 3. The van der Waals surface area contributed by atoms with Gasteiger partial charge in [0, 0.05) is 59.6 Å². The van der Waals surface area contributed by atoms with Gasteiger partial charge >= 0.3 is 0 Å². The summed E-state index contributed by atoms with van der Waals surface area (Å²) in [5, 5.41) is 0.561. The number of fused-ring (bicyclic) bond motifs is 2. The average molecular weight is 607 g/mol. The fourth-order valence-electron chi connectivity index (χ4n) is 5.71. The van der Waals surface area contributed by atoms with Gasteiger partial charge in [0.25, 0.3) is 0 Å². The molecule has 0 saturated carbocycles. The zero-order chi connectivity index (χ0) is 30.4. The summed E-state index contributed by atoms with van der Waals surface area (Å²) in [5.74, 6) is -1.87. The number of aromatic amines is 2. The first kappa shape index (κ1) is 28.9. The molecule has 0 saturated heterocycles. The summed E-state index contributed by atoms with van der Waals surface area (Å²) in [5.41, 5.74) is 2.76. The van der Waals surface area contributed by atoms with Gasteiger partial charge < -0.3 is 19.5 Å². The molecule has 5 aromatic rings. The highest BCUT2D eigenvalue weighted by Crippen LogP contribution is 2.40. The van der Waals surface area contributed by atoms with Gasteiger partial charge in [-0.05, 0) is 43.3 Å². The molecule has 3 atom stereocenters. The predicted octanol–water partition coefficient (Wildman–Crippen LogP) is 6.46. The number of hydrogen-bond acceptors (Lipinski definition) is 5. The third kappa shape index (κ3) is 5.27. The summed E-state index contributed by atoms with van der Waals surface area (Å²) in [7, 11) is 0.295. The molecule has 2 N–H and O–H groups in total. The second-order valence-electron chi connectivity index (χ2n) is 10.9. The van der Waals surface area contributed by atoms with Crippen LogP contribution in [0.2, 0.25) is 0 Å². The molecule has 0 bridgehead atoms. The van der Waals surface area contributed by atoms with Gasteiger partial charge in [0.15, 0.2) is 11.6 Å². The van der Waals surface area contributed by atoms with Gasteiger partial charge in [0.2, 0.25) is 0 Å². The minimum Gasteiger partial charge on any atom is -0.453 e. The number of carbonyl (C=O) groups excluding carboxylic acids is 1. The van der Waals surface area contributed by atoms with Crippen molar-refractivity contribution in [1.29, 1.82) is 0 Å². The van der Waals surface area contributed by atoms with Gasteiger partial charge in [-0.2, -0.15) is 0 Å². The standard InChI is InChI=1S/C32H29F3N4O3S/c1-17(16-40)13-18-5-4-6-21(27(18)35)29-28-25(10-12-39(29)2)37-32(38-28)22-14-19(7-8-23(22)33)42-30-24(34)15-26-20(9-11-36-26)31(30)43(3)41/h4-9,11,14-17,29,36H,10,12-13H2,1-3H3,(H,37,38). The number of aldehydes is 1. The molecular weight excluding hydrogens is 577 g/mol. The summed E-state index contributed by atoms with van der Waals surface area (Å²) in [6.07, 6.45) is 4.73. The lowest BCUT2D eigenvalue weighted by molar-refractivity contribution is -0.110. The normalized spacial score (nSPS) is 16.7. The number of likely N-dealkylation sites (N-methyl/N-ethyl adjacent to an activating group) is 1. The molecule has 43 heavy (non-hydrogen) atoms. The van der Waals surface area contributed by atoms with E-state index in [4.69, 9.17) is 9.72 Å². The van der Waals surface area contributed by atoms with E-state index in [0.717, 1.165) is 12.0 Å². The Hall–Kier alpha value is -4.22. The van der Waals surface area contributed by atoms with Crippen LogP contribution in [0.1, 0.15) is 35.5 Å². The summed E-state index contributed by atoms with van der Waals surface area (Å²) in [4.78, 5) is 24.2. The van der Waals surface area contributed by atoms with Gasteiger partial charge in [-0.25, -0.2) is 18.2 Å². The average Bonchev–Trinajstić information content (AvgIpc) is 3.62. The molecule has 222 valence electrons. The Morgan fingerprint density at radius 1 is 1.16 bits per heavy atom. The number of carbonyl (C=O) groups is 1. The van der Waals surface area contributed by atoms with Gasteiger partial charge in [-0.1, -0.05) is 25.1 Å². The second-order valence-corrected chi connectivity index (χ2v) is 12.2. The van der Waals surface area contributed by atoms with E-state index in [1.165, 1.54) is 30.5 Å². The van der Waals surface area contributed by atoms with Crippen molar-refractivity contribution in [2.24, 2.45) is 5.92 Å². The Bertz CT molecular complexity index is 1890.